The van der Waals surface area contributed by atoms with Crippen molar-refractivity contribution in [3.8, 4) is 0 Å². The van der Waals surface area contributed by atoms with Crippen molar-refractivity contribution in [1.82, 2.24) is 16.0 Å². The molecule has 16 heavy (non-hydrogen) atoms. The van der Waals surface area contributed by atoms with Crippen molar-refractivity contribution < 1.29 is 14.7 Å². The monoisotopic (exact) mass is 231 g/mol. The molecule has 6 nitrogen and oxygen atoms in total. The Morgan fingerprint density at radius 3 is 2.38 bits per heavy atom. The molecule has 0 saturated carbocycles. The maximum atomic E-state index is 11.3. The molecule has 0 fully saturated rings. The van der Waals surface area contributed by atoms with E-state index < -0.39 is 17.5 Å². The predicted octanol–water partition coefficient (Wildman–Crippen LogP) is 0.148. The summed E-state index contributed by atoms with van der Waals surface area (Å²) in [4.78, 5) is 22.0. The van der Waals surface area contributed by atoms with Crippen LogP contribution in [0.5, 0.6) is 0 Å². The summed E-state index contributed by atoms with van der Waals surface area (Å²) in [6, 6.07) is -0.455. The van der Waals surface area contributed by atoms with Gasteiger partial charge in [0.15, 0.2) is 0 Å². The van der Waals surface area contributed by atoms with E-state index in [0.29, 0.717) is 6.54 Å². The highest BCUT2D eigenvalue weighted by Crippen LogP contribution is 2.00. The summed E-state index contributed by atoms with van der Waals surface area (Å²) in [5.74, 6) is -1.06. The highest BCUT2D eigenvalue weighted by molar-refractivity contribution is 5.85. The molecule has 2 amide bonds. The molecule has 4 N–H and O–H groups in total. The summed E-state index contributed by atoms with van der Waals surface area (Å²) in [7, 11) is 0. The largest absolute Gasteiger partial charge is 0.480 e. The lowest BCUT2D eigenvalue weighted by molar-refractivity contribution is -0.142. The number of carbonyl (C=O) groups is 2. The fourth-order valence-corrected chi connectivity index (χ4v) is 0.974. The summed E-state index contributed by atoms with van der Waals surface area (Å²) in [6.07, 6.45) is 0.814. The van der Waals surface area contributed by atoms with E-state index in [1.165, 1.54) is 13.8 Å². The van der Waals surface area contributed by atoms with Gasteiger partial charge in [0.1, 0.15) is 5.54 Å². The van der Waals surface area contributed by atoms with E-state index in [1.54, 1.807) is 0 Å². The second-order valence-corrected chi connectivity index (χ2v) is 4.02. The maximum Gasteiger partial charge on any atom is 0.328 e. The van der Waals surface area contributed by atoms with Gasteiger partial charge in [-0.05, 0) is 33.4 Å². The van der Waals surface area contributed by atoms with Crippen LogP contribution in [0.15, 0.2) is 0 Å². The van der Waals surface area contributed by atoms with E-state index in [9.17, 15) is 9.59 Å². The van der Waals surface area contributed by atoms with Crippen LogP contribution in [0.25, 0.3) is 0 Å². The summed E-state index contributed by atoms with van der Waals surface area (Å²) in [5, 5.41) is 16.9. The molecule has 0 unspecified atom stereocenters. The third kappa shape index (κ3) is 6.23. The molecule has 0 spiro atoms. The number of carbonyl (C=O) groups excluding carboxylic acids is 1. The van der Waals surface area contributed by atoms with Crippen molar-refractivity contribution in [3.05, 3.63) is 0 Å². The number of carboxylic acid groups (broad SMARTS) is 1. The SMILES string of the molecule is CCNCCCNC(=O)NC(C)(C)C(=O)O. The summed E-state index contributed by atoms with van der Waals surface area (Å²) < 4.78 is 0. The number of rotatable bonds is 7. The van der Waals surface area contributed by atoms with Crippen LogP contribution in [-0.4, -0.2) is 42.3 Å². The quantitative estimate of drug-likeness (QED) is 0.469. The first-order valence-electron chi connectivity index (χ1n) is 5.40. The van der Waals surface area contributed by atoms with Crippen molar-refractivity contribution in [3.63, 3.8) is 0 Å². The minimum absolute atomic E-state index is 0.455. The minimum Gasteiger partial charge on any atom is -0.480 e. The van der Waals surface area contributed by atoms with Crippen LogP contribution >= 0.6 is 0 Å². The molecule has 0 aliphatic rings. The molecule has 0 bridgehead atoms. The van der Waals surface area contributed by atoms with E-state index >= 15 is 0 Å². The average Bonchev–Trinajstić information content (AvgIpc) is 2.16. The molecule has 0 aromatic heterocycles. The Labute approximate surface area is 95.8 Å². The first-order chi connectivity index (χ1) is 7.40. The second kappa shape index (κ2) is 7.05. The molecule has 0 aromatic rings. The van der Waals surface area contributed by atoms with Crippen LogP contribution < -0.4 is 16.0 Å². The van der Waals surface area contributed by atoms with Gasteiger partial charge in [-0.1, -0.05) is 6.92 Å². The number of nitrogens with one attached hydrogen (secondary N) is 3. The molecule has 94 valence electrons. The van der Waals surface area contributed by atoms with Crippen molar-refractivity contribution >= 4 is 12.0 Å². The van der Waals surface area contributed by atoms with Gasteiger partial charge in [0, 0.05) is 6.54 Å². The first-order valence-corrected chi connectivity index (χ1v) is 5.40. The molecule has 0 aromatic carbocycles. The van der Waals surface area contributed by atoms with E-state index in [1.807, 2.05) is 6.92 Å². The molecule has 0 rings (SSSR count). The Morgan fingerprint density at radius 2 is 1.88 bits per heavy atom. The molecule has 0 aliphatic carbocycles. The van der Waals surface area contributed by atoms with Gasteiger partial charge in [0.25, 0.3) is 0 Å². The van der Waals surface area contributed by atoms with Gasteiger partial charge in [-0.2, -0.15) is 0 Å². The minimum atomic E-state index is -1.24. The third-order valence-corrected chi connectivity index (χ3v) is 2.03. The normalized spacial score (nSPS) is 10.9. The van der Waals surface area contributed by atoms with Crippen molar-refractivity contribution in [1.29, 1.82) is 0 Å². The van der Waals surface area contributed by atoms with Crippen molar-refractivity contribution in [2.75, 3.05) is 19.6 Å². The van der Waals surface area contributed by atoms with E-state index in [4.69, 9.17) is 5.11 Å². The Bertz CT molecular complexity index is 241. The van der Waals surface area contributed by atoms with Gasteiger partial charge >= 0.3 is 12.0 Å². The zero-order valence-corrected chi connectivity index (χ0v) is 10.1. The van der Waals surface area contributed by atoms with E-state index in [0.717, 1.165) is 19.5 Å². The fraction of sp³-hybridized carbons (Fsp3) is 0.800. The molecular formula is C10H21N3O3. The van der Waals surface area contributed by atoms with Crippen LogP contribution in [0.3, 0.4) is 0 Å². The third-order valence-electron chi connectivity index (χ3n) is 2.03. The number of hydrogen-bond donors (Lipinski definition) is 4. The topological polar surface area (TPSA) is 90.5 Å². The van der Waals surface area contributed by atoms with Crippen molar-refractivity contribution in [2.24, 2.45) is 0 Å². The first kappa shape index (κ1) is 14.7. The summed E-state index contributed by atoms with van der Waals surface area (Å²) in [5.41, 5.74) is -1.24. The number of carboxylic acids is 1. The van der Waals surface area contributed by atoms with E-state index in [-0.39, 0.29) is 0 Å². The number of amides is 2. The molecule has 0 heterocycles. The Balaban J connectivity index is 3.71. The number of aliphatic carboxylic acids is 1. The Kier molecular flexibility index (Phi) is 6.48. The molecule has 0 radical (unpaired) electrons. The molecular weight excluding hydrogens is 210 g/mol. The number of urea groups is 1. The lowest BCUT2D eigenvalue weighted by Crippen LogP contribution is -2.53. The molecule has 0 atom stereocenters. The van der Waals surface area contributed by atoms with Crippen LogP contribution in [-0.2, 0) is 4.79 Å². The Hall–Kier alpha value is -1.30. The van der Waals surface area contributed by atoms with Gasteiger partial charge in [-0.3, -0.25) is 0 Å². The van der Waals surface area contributed by atoms with Gasteiger partial charge in [-0.15, -0.1) is 0 Å². The van der Waals surface area contributed by atoms with Crippen LogP contribution in [0, 0.1) is 0 Å². The van der Waals surface area contributed by atoms with Crippen LogP contribution in [0.4, 0.5) is 4.79 Å². The zero-order valence-electron chi connectivity index (χ0n) is 10.1. The van der Waals surface area contributed by atoms with Gasteiger partial charge < -0.3 is 21.1 Å². The summed E-state index contributed by atoms with van der Waals surface area (Å²) in [6.45, 7) is 7.14. The molecule has 6 heteroatoms. The highest BCUT2D eigenvalue weighted by Gasteiger charge is 2.28. The van der Waals surface area contributed by atoms with Crippen LogP contribution in [0.2, 0.25) is 0 Å². The van der Waals surface area contributed by atoms with Gasteiger partial charge in [0.05, 0.1) is 0 Å². The van der Waals surface area contributed by atoms with Crippen molar-refractivity contribution in [2.45, 2.75) is 32.7 Å². The standard InChI is InChI=1S/C10H21N3O3/c1-4-11-6-5-7-12-9(16)13-10(2,3)8(14)15/h11H,4-7H2,1-3H3,(H,14,15)(H2,12,13,16). The maximum absolute atomic E-state index is 11.3. The van der Waals surface area contributed by atoms with Crippen LogP contribution in [0.1, 0.15) is 27.2 Å². The lowest BCUT2D eigenvalue weighted by Gasteiger charge is -2.21. The summed E-state index contributed by atoms with van der Waals surface area (Å²) >= 11 is 0. The smallest absolute Gasteiger partial charge is 0.328 e. The molecule has 0 aliphatic heterocycles. The lowest BCUT2D eigenvalue weighted by atomic mass is 10.1. The molecule has 0 saturated heterocycles. The Morgan fingerprint density at radius 1 is 1.25 bits per heavy atom. The fourth-order valence-electron chi connectivity index (χ4n) is 0.974. The predicted molar refractivity (Wildman–Crippen MR) is 61.4 cm³/mol. The average molecular weight is 231 g/mol. The van der Waals surface area contributed by atoms with E-state index in [2.05, 4.69) is 16.0 Å². The van der Waals surface area contributed by atoms with Gasteiger partial charge in [-0.25, -0.2) is 9.59 Å². The highest BCUT2D eigenvalue weighted by atomic mass is 16.4. The van der Waals surface area contributed by atoms with Gasteiger partial charge in [0.2, 0.25) is 0 Å². The zero-order chi connectivity index (χ0) is 12.6. The number of hydrogen-bond acceptors (Lipinski definition) is 3. The second-order valence-electron chi connectivity index (χ2n) is 4.02.